The average Bonchev–Trinajstić information content (AvgIpc) is 3.21. The largest absolute Gasteiger partial charge is 0.497 e. The molecule has 0 amide bonds. The van der Waals surface area contributed by atoms with Gasteiger partial charge in [-0.3, -0.25) is 4.90 Å². The summed E-state index contributed by atoms with van der Waals surface area (Å²) in [6.07, 6.45) is 0.568. The summed E-state index contributed by atoms with van der Waals surface area (Å²) in [6, 6.07) is 24.9. The Kier molecular flexibility index (Phi) is 4.85. The molecule has 0 N–H and O–H groups in total. The first-order valence-corrected chi connectivity index (χ1v) is 11.6. The lowest BCUT2D eigenvalue weighted by Crippen LogP contribution is -2.37. The van der Waals surface area contributed by atoms with Crippen molar-refractivity contribution >= 4 is 10.0 Å². The van der Waals surface area contributed by atoms with Gasteiger partial charge in [0.25, 0.3) is 0 Å². The summed E-state index contributed by atoms with van der Waals surface area (Å²) in [6.45, 7) is 1.25. The Morgan fingerprint density at radius 2 is 1.60 bits per heavy atom. The van der Waals surface area contributed by atoms with Crippen molar-refractivity contribution in [2.24, 2.45) is 0 Å². The monoisotopic (exact) mass is 420 g/mol. The maximum absolute atomic E-state index is 13.7. The van der Waals surface area contributed by atoms with E-state index in [1.807, 2.05) is 36.4 Å². The second-order valence-electron chi connectivity index (χ2n) is 7.74. The van der Waals surface area contributed by atoms with E-state index in [2.05, 4.69) is 23.1 Å². The molecule has 2 atom stereocenters. The molecule has 0 unspecified atom stereocenters. The lowest BCUT2D eigenvalue weighted by molar-refractivity contribution is 0.154. The number of sulfonamides is 1. The fourth-order valence-electron chi connectivity index (χ4n) is 4.69. The molecule has 154 valence electrons. The lowest BCUT2D eigenvalue weighted by atomic mass is 9.93. The molecule has 0 saturated carbocycles. The fraction of sp³-hybridized carbons (Fsp3) is 0.250. The zero-order valence-electron chi connectivity index (χ0n) is 16.8. The van der Waals surface area contributed by atoms with Gasteiger partial charge in [0.2, 0.25) is 10.0 Å². The smallest absolute Gasteiger partial charge is 0.244 e. The third-order valence-corrected chi connectivity index (χ3v) is 7.99. The van der Waals surface area contributed by atoms with Crippen LogP contribution in [0.5, 0.6) is 5.75 Å². The van der Waals surface area contributed by atoms with Gasteiger partial charge in [-0.25, -0.2) is 8.42 Å². The minimum absolute atomic E-state index is 0.0422. The third kappa shape index (κ3) is 3.12. The Bertz CT molecular complexity index is 1150. The predicted octanol–water partition coefficient (Wildman–Crippen LogP) is 4.00. The van der Waals surface area contributed by atoms with Crippen molar-refractivity contribution < 1.29 is 13.2 Å². The Morgan fingerprint density at radius 3 is 2.33 bits per heavy atom. The van der Waals surface area contributed by atoms with E-state index in [0.717, 1.165) is 24.3 Å². The number of ether oxygens (including phenoxy) is 1. The van der Waals surface area contributed by atoms with E-state index in [1.54, 1.807) is 35.7 Å². The Hall–Kier alpha value is -2.67. The first kappa shape index (κ1) is 19.3. The lowest BCUT2D eigenvalue weighted by Gasteiger charge is -2.35. The number of methoxy groups -OCH3 is 1. The highest BCUT2D eigenvalue weighted by molar-refractivity contribution is 7.89. The molecule has 0 spiro atoms. The summed E-state index contributed by atoms with van der Waals surface area (Å²) in [4.78, 5) is 2.65. The zero-order valence-corrected chi connectivity index (χ0v) is 17.6. The van der Waals surface area contributed by atoms with Gasteiger partial charge in [-0.15, -0.1) is 0 Å². The van der Waals surface area contributed by atoms with Gasteiger partial charge < -0.3 is 4.74 Å². The number of hydrogen-bond donors (Lipinski definition) is 0. The van der Waals surface area contributed by atoms with Gasteiger partial charge >= 0.3 is 0 Å². The molecule has 5 rings (SSSR count). The maximum Gasteiger partial charge on any atom is 0.244 e. The molecule has 5 nitrogen and oxygen atoms in total. The SMILES string of the molecule is COc1ccc([C@@H]2N3CCc4ccccc4[C@H]3CN2S(=O)(=O)c2ccccc2)cc1. The maximum atomic E-state index is 13.7. The van der Waals surface area contributed by atoms with E-state index < -0.39 is 10.0 Å². The molecule has 2 heterocycles. The van der Waals surface area contributed by atoms with E-state index in [0.29, 0.717) is 11.4 Å². The average molecular weight is 421 g/mol. The van der Waals surface area contributed by atoms with Crippen LogP contribution in [-0.4, -0.2) is 37.8 Å². The minimum atomic E-state index is -3.65. The Labute approximate surface area is 177 Å². The van der Waals surface area contributed by atoms with E-state index in [1.165, 1.54) is 11.1 Å². The van der Waals surface area contributed by atoms with E-state index in [9.17, 15) is 8.42 Å². The van der Waals surface area contributed by atoms with Crippen LogP contribution in [0.15, 0.2) is 83.8 Å². The molecule has 0 aromatic heterocycles. The number of hydrogen-bond acceptors (Lipinski definition) is 4. The molecule has 2 aliphatic heterocycles. The van der Waals surface area contributed by atoms with E-state index >= 15 is 0 Å². The molecule has 0 bridgehead atoms. The molecular weight excluding hydrogens is 396 g/mol. The van der Waals surface area contributed by atoms with Gasteiger partial charge in [0.1, 0.15) is 11.9 Å². The number of rotatable bonds is 4. The van der Waals surface area contributed by atoms with Crippen LogP contribution in [0, 0.1) is 0 Å². The molecule has 1 saturated heterocycles. The van der Waals surface area contributed by atoms with Crippen molar-refractivity contribution in [2.45, 2.75) is 23.5 Å². The van der Waals surface area contributed by atoms with Crippen LogP contribution in [0.2, 0.25) is 0 Å². The van der Waals surface area contributed by atoms with E-state index in [4.69, 9.17) is 4.74 Å². The molecule has 3 aromatic rings. The van der Waals surface area contributed by atoms with Crippen molar-refractivity contribution in [1.29, 1.82) is 0 Å². The summed E-state index contributed by atoms with van der Waals surface area (Å²) >= 11 is 0. The second-order valence-corrected chi connectivity index (χ2v) is 9.63. The Balaban J connectivity index is 1.62. The molecule has 2 aliphatic rings. The first-order chi connectivity index (χ1) is 14.6. The molecular formula is C24H24N2O3S. The molecule has 1 fully saturated rings. The minimum Gasteiger partial charge on any atom is -0.497 e. The van der Waals surface area contributed by atoms with E-state index in [-0.39, 0.29) is 12.2 Å². The van der Waals surface area contributed by atoms with Gasteiger partial charge in [0, 0.05) is 13.1 Å². The molecule has 0 radical (unpaired) electrons. The molecule has 0 aliphatic carbocycles. The molecule has 3 aromatic carbocycles. The fourth-order valence-corrected chi connectivity index (χ4v) is 6.31. The van der Waals surface area contributed by atoms with Gasteiger partial charge in [-0.1, -0.05) is 54.6 Å². The summed E-state index contributed by atoms with van der Waals surface area (Å²) in [5.74, 6) is 0.759. The summed E-state index contributed by atoms with van der Waals surface area (Å²) in [7, 11) is -2.02. The van der Waals surface area contributed by atoms with Gasteiger partial charge in [0.15, 0.2) is 0 Å². The predicted molar refractivity (Wildman–Crippen MR) is 116 cm³/mol. The molecule has 6 heteroatoms. The Morgan fingerprint density at radius 1 is 0.900 bits per heavy atom. The standard InChI is InChI=1S/C24H24N2O3S/c1-29-20-13-11-19(12-14-20)24-25-16-15-18-7-5-6-10-22(18)23(25)17-26(24)30(27,28)21-8-3-2-4-9-21/h2-14,23-24H,15-17H2,1H3/t23-,24-/m1/s1. The normalized spacial score (nSPS) is 21.8. The van der Waals surface area contributed by atoms with Crippen molar-refractivity contribution in [1.82, 2.24) is 9.21 Å². The summed E-state index contributed by atoms with van der Waals surface area (Å²) in [5.41, 5.74) is 3.50. The first-order valence-electron chi connectivity index (χ1n) is 10.1. The third-order valence-electron chi connectivity index (χ3n) is 6.16. The van der Waals surface area contributed by atoms with Crippen LogP contribution in [0.4, 0.5) is 0 Å². The number of benzene rings is 3. The van der Waals surface area contributed by atoms with Crippen molar-refractivity contribution in [3.05, 3.63) is 95.6 Å². The van der Waals surface area contributed by atoms with Crippen LogP contribution in [0.3, 0.4) is 0 Å². The highest BCUT2D eigenvalue weighted by atomic mass is 32.2. The topological polar surface area (TPSA) is 49.9 Å². The van der Waals surface area contributed by atoms with Crippen LogP contribution < -0.4 is 4.74 Å². The summed E-state index contributed by atoms with van der Waals surface area (Å²) in [5, 5.41) is 0. The van der Waals surface area contributed by atoms with Crippen molar-refractivity contribution in [3.63, 3.8) is 0 Å². The molecule has 30 heavy (non-hydrogen) atoms. The van der Waals surface area contributed by atoms with Crippen molar-refractivity contribution in [2.75, 3.05) is 20.2 Å². The van der Waals surface area contributed by atoms with Gasteiger partial charge in [0.05, 0.1) is 18.0 Å². The number of nitrogens with zero attached hydrogens (tertiary/aromatic N) is 2. The van der Waals surface area contributed by atoms with Crippen LogP contribution >= 0.6 is 0 Å². The highest BCUT2D eigenvalue weighted by Crippen LogP contribution is 2.46. The zero-order chi connectivity index (χ0) is 20.7. The second kappa shape index (κ2) is 7.54. The van der Waals surface area contributed by atoms with Crippen molar-refractivity contribution in [3.8, 4) is 5.75 Å². The van der Waals surface area contributed by atoms with Gasteiger partial charge in [-0.2, -0.15) is 4.31 Å². The number of fused-ring (bicyclic) bond motifs is 3. The quantitative estimate of drug-likeness (QED) is 0.640. The van der Waals surface area contributed by atoms with Gasteiger partial charge in [-0.05, 0) is 47.4 Å². The van der Waals surface area contributed by atoms with Crippen LogP contribution in [0.25, 0.3) is 0 Å². The van der Waals surface area contributed by atoms with Crippen LogP contribution in [-0.2, 0) is 16.4 Å². The van der Waals surface area contributed by atoms with Crippen LogP contribution in [0.1, 0.15) is 28.9 Å². The highest BCUT2D eigenvalue weighted by Gasteiger charge is 2.48. The summed E-state index contributed by atoms with van der Waals surface area (Å²) < 4.78 is 34.3.